The predicted octanol–water partition coefficient (Wildman–Crippen LogP) is 3.88. The Balaban J connectivity index is 1.71. The Morgan fingerprint density at radius 2 is 1.96 bits per heavy atom. The largest absolute Gasteiger partial charge is 0.494 e. The molecule has 2 heterocycles. The Hall–Kier alpha value is -1.05. The van der Waals surface area contributed by atoms with E-state index in [-0.39, 0.29) is 17.0 Å². The molecule has 0 spiro atoms. The molecule has 3 rings (SSSR count). The molecular formula is C20H28BFO4S. The van der Waals surface area contributed by atoms with Gasteiger partial charge in [0.05, 0.1) is 17.8 Å². The van der Waals surface area contributed by atoms with Gasteiger partial charge in [-0.2, -0.15) is 0 Å². The van der Waals surface area contributed by atoms with Crippen LogP contribution in [0.5, 0.6) is 0 Å². The monoisotopic (exact) mass is 394 g/mol. The predicted molar refractivity (Wildman–Crippen MR) is 106 cm³/mol. The molecule has 0 saturated carbocycles. The van der Waals surface area contributed by atoms with Crippen LogP contribution < -0.4 is 5.46 Å². The highest BCUT2D eigenvalue weighted by Crippen LogP contribution is 2.40. The van der Waals surface area contributed by atoms with Gasteiger partial charge in [-0.25, -0.2) is 4.39 Å². The normalized spacial score (nSPS) is 23.2. The first-order valence-electron chi connectivity index (χ1n) is 9.63. The van der Waals surface area contributed by atoms with Crippen LogP contribution in [-0.2, 0) is 25.3 Å². The van der Waals surface area contributed by atoms with E-state index in [4.69, 9.17) is 14.0 Å². The summed E-state index contributed by atoms with van der Waals surface area (Å²) in [6.07, 6.45) is 2.80. The number of halogens is 1. The third-order valence-electron chi connectivity index (χ3n) is 5.66. The van der Waals surface area contributed by atoms with E-state index in [0.29, 0.717) is 24.3 Å². The molecule has 0 bridgehead atoms. The quantitative estimate of drug-likeness (QED) is 0.560. The second-order valence-electron chi connectivity index (χ2n) is 8.20. The van der Waals surface area contributed by atoms with Crippen molar-refractivity contribution in [2.75, 3.05) is 6.61 Å². The molecule has 1 fully saturated rings. The first-order valence-corrected chi connectivity index (χ1v) is 10.5. The van der Waals surface area contributed by atoms with Crippen molar-refractivity contribution < 1.29 is 23.2 Å². The first kappa shape index (κ1) is 20.7. The van der Waals surface area contributed by atoms with Gasteiger partial charge in [0.2, 0.25) is 0 Å². The third-order valence-corrected chi connectivity index (χ3v) is 7.16. The lowest BCUT2D eigenvalue weighted by molar-refractivity contribution is -0.143. The highest BCUT2D eigenvalue weighted by molar-refractivity contribution is 8.00. The van der Waals surface area contributed by atoms with Crippen LogP contribution in [0, 0.1) is 5.82 Å². The summed E-state index contributed by atoms with van der Waals surface area (Å²) in [7, 11) is -0.554. The van der Waals surface area contributed by atoms with Gasteiger partial charge in [0.1, 0.15) is 5.82 Å². The Bertz CT molecular complexity index is 706. The van der Waals surface area contributed by atoms with Crippen molar-refractivity contribution in [1.82, 2.24) is 0 Å². The Labute approximate surface area is 165 Å². The number of rotatable bonds is 5. The fourth-order valence-corrected chi connectivity index (χ4v) is 4.65. The molecule has 2 aliphatic rings. The van der Waals surface area contributed by atoms with E-state index in [1.54, 1.807) is 6.92 Å². The summed E-state index contributed by atoms with van der Waals surface area (Å²) < 4.78 is 31.9. The zero-order valence-electron chi connectivity index (χ0n) is 16.8. The second kappa shape index (κ2) is 7.76. The van der Waals surface area contributed by atoms with Crippen LogP contribution in [0.2, 0.25) is 0 Å². The average molecular weight is 394 g/mol. The third kappa shape index (κ3) is 4.35. The van der Waals surface area contributed by atoms with Gasteiger partial charge in [-0.3, -0.25) is 4.79 Å². The molecule has 0 aliphatic carbocycles. The summed E-state index contributed by atoms with van der Waals surface area (Å²) in [5.41, 5.74) is 0.834. The number of esters is 1. The highest BCUT2D eigenvalue weighted by atomic mass is 32.2. The number of benzene rings is 1. The minimum atomic E-state index is -0.554. The molecule has 1 aromatic carbocycles. The number of hydrogen-bond acceptors (Lipinski definition) is 5. The van der Waals surface area contributed by atoms with E-state index < -0.39 is 18.3 Å². The summed E-state index contributed by atoms with van der Waals surface area (Å²) in [6, 6.07) is 3.54. The van der Waals surface area contributed by atoms with Crippen molar-refractivity contribution in [3.63, 3.8) is 0 Å². The molecule has 1 saturated heterocycles. The molecule has 0 radical (unpaired) electrons. The minimum absolute atomic E-state index is 0.180. The maximum Gasteiger partial charge on any atom is 0.494 e. The van der Waals surface area contributed by atoms with Gasteiger partial charge >= 0.3 is 13.1 Å². The smallest absolute Gasteiger partial charge is 0.466 e. The number of fused-ring (bicyclic) bond motifs is 1. The van der Waals surface area contributed by atoms with Crippen molar-refractivity contribution in [2.45, 2.75) is 81.6 Å². The summed E-state index contributed by atoms with van der Waals surface area (Å²) >= 11 is 1.53. The molecule has 1 atom stereocenters. The van der Waals surface area contributed by atoms with E-state index in [1.807, 2.05) is 33.8 Å². The molecule has 2 aliphatic heterocycles. The SMILES string of the molecule is CCOC(=O)CCC1CCc2cc(B3OC(C)(C)C(C)(C)O3)cc(F)c2S1. The Morgan fingerprint density at radius 1 is 1.30 bits per heavy atom. The zero-order chi connectivity index (χ0) is 19.8. The van der Waals surface area contributed by atoms with Crippen LogP contribution in [0.3, 0.4) is 0 Å². The van der Waals surface area contributed by atoms with Crippen molar-refractivity contribution in [3.05, 3.63) is 23.5 Å². The lowest BCUT2D eigenvalue weighted by Gasteiger charge is -2.32. The van der Waals surface area contributed by atoms with Crippen molar-refractivity contribution in [3.8, 4) is 0 Å². The van der Waals surface area contributed by atoms with Gasteiger partial charge < -0.3 is 14.0 Å². The average Bonchev–Trinajstić information content (AvgIpc) is 2.81. The molecule has 7 heteroatoms. The number of carbonyl (C=O) groups is 1. The van der Waals surface area contributed by atoms with Crippen molar-refractivity contribution in [2.24, 2.45) is 0 Å². The van der Waals surface area contributed by atoms with Crippen molar-refractivity contribution in [1.29, 1.82) is 0 Å². The Morgan fingerprint density at radius 3 is 2.59 bits per heavy atom. The lowest BCUT2D eigenvalue weighted by atomic mass is 9.78. The number of hydrogen-bond donors (Lipinski definition) is 0. The highest BCUT2D eigenvalue weighted by Gasteiger charge is 2.52. The summed E-state index contributed by atoms with van der Waals surface area (Å²) in [5, 5.41) is 0.235. The van der Waals surface area contributed by atoms with Crippen LogP contribution >= 0.6 is 11.8 Å². The fourth-order valence-electron chi connectivity index (χ4n) is 3.36. The summed E-state index contributed by atoms with van der Waals surface area (Å²) in [6.45, 7) is 10.2. The van der Waals surface area contributed by atoms with Crippen molar-refractivity contribution >= 4 is 30.3 Å². The number of ether oxygens (including phenoxy) is 1. The standard InChI is InChI=1S/C20H28BFO4S/c1-6-24-17(23)10-9-15-8-7-13-11-14(12-16(22)18(13)27-15)21-25-19(2,3)20(4,5)26-21/h11-12,15H,6-10H2,1-5H3. The van der Waals surface area contributed by atoms with E-state index >= 15 is 0 Å². The van der Waals surface area contributed by atoms with Gasteiger partial charge in [0, 0.05) is 16.6 Å². The second-order valence-corrected chi connectivity index (χ2v) is 9.51. The summed E-state index contributed by atoms with van der Waals surface area (Å²) in [5.74, 6) is -0.413. The van der Waals surface area contributed by atoms with Gasteiger partial charge in [0.25, 0.3) is 0 Å². The maximum atomic E-state index is 14.8. The van der Waals surface area contributed by atoms with E-state index in [1.165, 1.54) is 17.8 Å². The minimum Gasteiger partial charge on any atom is -0.466 e. The molecule has 4 nitrogen and oxygen atoms in total. The lowest BCUT2D eigenvalue weighted by Crippen LogP contribution is -2.41. The molecule has 1 aromatic rings. The fraction of sp³-hybridized carbons (Fsp3) is 0.650. The van der Waals surface area contributed by atoms with E-state index in [2.05, 4.69) is 0 Å². The summed E-state index contributed by atoms with van der Waals surface area (Å²) in [4.78, 5) is 12.3. The van der Waals surface area contributed by atoms with Gasteiger partial charge in [-0.15, -0.1) is 11.8 Å². The van der Waals surface area contributed by atoms with Gasteiger partial charge in [-0.1, -0.05) is 6.07 Å². The first-order chi connectivity index (χ1) is 12.6. The van der Waals surface area contributed by atoms with Crippen LogP contribution in [0.25, 0.3) is 0 Å². The van der Waals surface area contributed by atoms with Gasteiger partial charge in [-0.05, 0) is 71.0 Å². The van der Waals surface area contributed by atoms with E-state index in [9.17, 15) is 9.18 Å². The Kier molecular flexibility index (Phi) is 5.95. The van der Waals surface area contributed by atoms with Gasteiger partial charge in [0.15, 0.2) is 0 Å². The van der Waals surface area contributed by atoms with E-state index in [0.717, 1.165) is 23.9 Å². The molecule has 1 unspecified atom stereocenters. The topological polar surface area (TPSA) is 44.8 Å². The zero-order valence-corrected chi connectivity index (χ0v) is 17.6. The van der Waals surface area contributed by atoms with Crippen LogP contribution in [-0.4, -0.2) is 36.1 Å². The maximum absolute atomic E-state index is 14.8. The number of carbonyl (C=O) groups excluding carboxylic acids is 1. The van der Waals surface area contributed by atoms with Crippen LogP contribution in [0.15, 0.2) is 17.0 Å². The number of thioether (sulfide) groups is 1. The molecule has 0 amide bonds. The molecule has 27 heavy (non-hydrogen) atoms. The molecule has 0 aromatic heterocycles. The molecule has 0 N–H and O–H groups in total. The van der Waals surface area contributed by atoms with Crippen LogP contribution in [0.1, 0.15) is 59.4 Å². The molecule has 148 valence electrons. The molecular weight excluding hydrogens is 366 g/mol. The van der Waals surface area contributed by atoms with Crippen LogP contribution in [0.4, 0.5) is 4.39 Å². The number of aryl methyl sites for hydroxylation is 1.